The predicted molar refractivity (Wildman–Crippen MR) is 78.2 cm³/mol. The van der Waals surface area contributed by atoms with E-state index in [1.807, 2.05) is 13.8 Å². The topological polar surface area (TPSA) is 89.7 Å². The summed E-state index contributed by atoms with van der Waals surface area (Å²) in [5, 5.41) is 0. The molecule has 0 rings (SSSR count). The SMILES string of the molecule is CCOC(=O)CS(=O)(=O)N(CCC(N)=S)CC(C)C. The van der Waals surface area contributed by atoms with E-state index >= 15 is 0 Å². The monoisotopic (exact) mass is 310 g/mol. The quantitative estimate of drug-likeness (QED) is 0.493. The van der Waals surface area contributed by atoms with Gasteiger partial charge in [-0.25, -0.2) is 12.7 Å². The van der Waals surface area contributed by atoms with Crippen LogP contribution in [-0.2, 0) is 19.6 Å². The summed E-state index contributed by atoms with van der Waals surface area (Å²) in [6.07, 6.45) is 0.296. The number of hydrogen-bond acceptors (Lipinski definition) is 5. The molecule has 0 bridgehead atoms. The fourth-order valence-electron chi connectivity index (χ4n) is 1.43. The van der Waals surface area contributed by atoms with Crippen LogP contribution in [0, 0.1) is 5.92 Å². The minimum absolute atomic E-state index is 0.142. The first-order valence-corrected chi connectivity index (χ1v) is 8.12. The third kappa shape index (κ3) is 8.12. The maximum Gasteiger partial charge on any atom is 0.322 e. The van der Waals surface area contributed by atoms with Gasteiger partial charge in [-0.15, -0.1) is 0 Å². The van der Waals surface area contributed by atoms with Crippen molar-refractivity contribution in [1.82, 2.24) is 4.31 Å². The van der Waals surface area contributed by atoms with Crippen molar-refractivity contribution < 1.29 is 17.9 Å². The van der Waals surface area contributed by atoms with Crippen LogP contribution in [0.4, 0.5) is 0 Å². The van der Waals surface area contributed by atoms with Crippen molar-refractivity contribution in [2.75, 3.05) is 25.4 Å². The van der Waals surface area contributed by atoms with Gasteiger partial charge in [0.15, 0.2) is 5.75 Å². The number of esters is 1. The number of sulfonamides is 1. The van der Waals surface area contributed by atoms with Gasteiger partial charge in [0.25, 0.3) is 0 Å². The number of nitrogens with zero attached hydrogens (tertiary/aromatic N) is 1. The summed E-state index contributed by atoms with van der Waals surface area (Å²) >= 11 is 4.74. The molecule has 0 amide bonds. The first-order chi connectivity index (χ1) is 8.69. The van der Waals surface area contributed by atoms with Gasteiger partial charge in [0, 0.05) is 19.5 Å². The zero-order valence-corrected chi connectivity index (χ0v) is 13.2. The Labute approximate surface area is 120 Å². The van der Waals surface area contributed by atoms with Crippen molar-refractivity contribution in [3.05, 3.63) is 0 Å². The third-order valence-corrected chi connectivity index (χ3v) is 4.10. The molecule has 6 nitrogen and oxygen atoms in total. The van der Waals surface area contributed by atoms with Crippen molar-refractivity contribution in [3.63, 3.8) is 0 Å². The van der Waals surface area contributed by atoms with Crippen molar-refractivity contribution in [2.24, 2.45) is 11.7 Å². The molecule has 0 aliphatic rings. The second-order valence-electron chi connectivity index (χ2n) is 4.53. The van der Waals surface area contributed by atoms with E-state index < -0.39 is 21.7 Å². The predicted octanol–water partition coefficient (Wildman–Crippen LogP) is 0.514. The average molecular weight is 310 g/mol. The van der Waals surface area contributed by atoms with E-state index in [0.29, 0.717) is 13.0 Å². The molecule has 112 valence electrons. The molecule has 0 fully saturated rings. The summed E-state index contributed by atoms with van der Waals surface area (Å²) in [4.78, 5) is 11.6. The van der Waals surface area contributed by atoms with E-state index in [-0.39, 0.29) is 24.1 Å². The van der Waals surface area contributed by atoms with E-state index in [0.717, 1.165) is 0 Å². The highest BCUT2D eigenvalue weighted by Gasteiger charge is 2.26. The van der Waals surface area contributed by atoms with Gasteiger partial charge in [-0.1, -0.05) is 26.1 Å². The lowest BCUT2D eigenvalue weighted by molar-refractivity contribution is -0.140. The fourth-order valence-corrected chi connectivity index (χ4v) is 2.98. The maximum atomic E-state index is 12.1. The van der Waals surface area contributed by atoms with Gasteiger partial charge in [0.1, 0.15) is 0 Å². The van der Waals surface area contributed by atoms with Gasteiger partial charge in [0.2, 0.25) is 10.0 Å². The van der Waals surface area contributed by atoms with Gasteiger partial charge in [-0.2, -0.15) is 0 Å². The third-order valence-electron chi connectivity index (χ3n) is 2.18. The Hall–Kier alpha value is -0.730. The van der Waals surface area contributed by atoms with Crippen LogP contribution in [0.25, 0.3) is 0 Å². The van der Waals surface area contributed by atoms with Gasteiger partial charge in [-0.05, 0) is 12.8 Å². The molecule has 0 saturated heterocycles. The van der Waals surface area contributed by atoms with E-state index in [4.69, 9.17) is 18.0 Å². The Morgan fingerprint density at radius 2 is 2.00 bits per heavy atom. The van der Waals surface area contributed by atoms with Crippen LogP contribution in [0.3, 0.4) is 0 Å². The second-order valence-corrected chi connectivity index (χ2v) is 7.02. The van der Waals surface area contributed by atoms with E-state index in [1.165, 1.54) is 4.31 Å². The number of thiocarbonyl (C=S) groups is 1. The summed E-state index contributed by atoms with van der Waals surface area (Å²) < 4.78 is 30.1. The molecule has 2 N–H and O–H groups in total. The van der Waals surface area contributed by atoms with Gasteiger partial charge >= 0.3 is 5.97 Å². The lowest BCUT2D eigenvalue weighted by Gasteiger charge is -2.23. The number of nitrogens with two attached hydrogens (primary N) is 1. The lowest BCUT2D eigenvalue weighted by atomic mass is 10.2. The van der Waals surface area contributed by atoms with E-state index in [9.17, 15) is 13.2 Å². The Morgan fingerprint density at radius 3 is 2.42 bits per heavy atom. The summed E-state index contributed by atoms with van der Waals surface area (Å²) in [5.74, 6) is -1.25. The molecule has 0 radical (unpaired) electrons. The van der Waals surface area contributed by atoms with Crippen LogP contribution >= 0.6 is 12.2 Å². The summed E-state index contributed by atoms with van der Waals surface area (Å²) in [6, 6.07) is 0. The van der Waals surface area contributed by atoms with Crippen LogP contribution < -0.4 is 5.73 Å². The van der Waals surface area contributed by atoms with E-state index in [2.05, 4.69) is 4.74 Å². The summed E-state index contributed by atoms with van der Waals surface area (Å²) in [5.41, 5.74) is 5.38. The van der Waals surface area contributed by atoms with Gasteiger partial charge in [0.05, 0.1) is 11.6 Å². The Balaban J connectivity index is 4.79. The molecule has 0 atom stereocenters. The Bertz CT molecular complexity index is 407. The molecule has 0 aromatic rings. The first-order valence-electron chi connectivity index (χ1n) is 6.10. The van der Waals surface area contributed by atoms with Crippen LogP contribution in [0.1, 0.15) is 27.2 Å². The zero-order valence-electron chi connectivity index (χ0n) is 11.6. The minimum Gasteiger partial charge on any atom is -0.465 e. The standard InChI is InChI=1S/C11H22N2O4S2/c1-4-17-11(14)8-19(15,16)13(7-9(2)3)6-5-10(12)18/h9H,4-8H2,1-3H3,(H2,12,18). The minimum atomic E-state index is -3.69. The molecule has 19 heavy (non-hydrogen) atoms. The van der Waals surface area contributed by atoms with Crippen molar-refractivity contribution in [1.29, 1.82) is 0 Å². The normalized spacial score (nSPS) is 11.8. The molecule has 0 heterocycles. The molecule has 0 unspecified atom stereocenters. The fraction of sp³-hybridized carbons (Fsp3) is 0.818. The lowest BCUT2D eigenvalue weighted by Crippen LogP contribution is -2.40. The highest BCUT2D eigenvalue weighted by molar-refractivity contribution is 7.89. The van der Waals surface area contributed by atoms with Crippen molar-refractivity contribution in [2.45, 2.75) is 27.2 Å². The van der Waals surface area contributed by atoms with Gasteiger partial charge in [-0.3, -0.25) is 4.79 Å². The van der Waals surface area contributed by atoms with Crippen molar-refractivity contribution in [3.8, 4) is 0 Å². The zero-order chi connectivity index (χ0) is 15.1. The highest BCUT2D eigenvalue weighted by atomic mass is 32.2. The molecule has 0 aromatic carbocycles. The number of carbonyl (C=O) groups is 1. The summed E-state index contributed by atoms with van der Waals surface area (Å²) in [7, 11) is -3.69. The van der Waals surface area contributed by atoms with E-state index in [1.54, 1.807) is 6.92 Å². The number of hydrogen-bond donors (Lipinski definition) is 1. The Kier molecular flexibility index (Phi) is 8.12. The van der Waals surface area contributed by atoms with Crippen LogP contribution in [0.5, 0.6) is 0 Å². The summed E-state index contributed by atoms with van der Waals surface area (Å²) in [6.45, 7) is 6.09. The molecule has 0 spiro atoms. The number of carbonyl (C=O) groups excluding carboxylic acids is 1. The van der Waals surface area contributed by atoms with Crippen LogP contribution in [-0.4, -0.2) is 49.1 Å². The molecular formula is C11H22N2O4S2. The number of rotatable bonds is 9. The van der Waals surface area contributed by atoms with Crippen molar-refractivity contribution >= 4 is 33.2 Å². The molecule has 0 aliphatic carbocycles. The van der Waals surface area contributed by atoms with Crippen LogP contribution in [0.2, 0.25) is 0 Å². The maximum absolute atomic E-state index is 12.1. The van der Waals surface area contributed by atoms with Crippen LogP contribution in [0.15, 0.2) is 0 Å². The average Bonchev–Trinajstić information content (AvgIpc) is 2.22. The molecule has 8 heteroatoms. The first kappa shape index (κ1) is 18.3. The smallest absolute Gasteiger partial charge is 0.322 e. The molecule has 0 aliphatic heterocycles. The Morgan fingerprint density at radius 1 is 1.42 bits per heavy atom. The highest BCUT2D eigenvalue weighted by Crippen LogP contribution is 2.08. The van der Waals surface area contributed by atoms with Gasteiger partial charge < -0.3 is 10.5 Å². The molecule has 0 saturated carbocycles. The molecular weight excluding hydrogens is 288 g/mol. The number of ether oxygens (including phenoxy) is 1. The molecule has 0 aromatic heterocycles. The largest absolute Gasteiger partial charge is 0.465 e. The second kappa shape index (κ2) is 8.44.